The van der Waals surface area contributed by atoms with Crippen molar-refractivity contribution in [2.45, 2.75) is 98.4 Å². The average Bonchev–Trinajstić information content (AvgIpc) is 3.19. The van der Waals surface area contributed by atoms with Crippen LogP contribution in [-0.2, 0) is 31.9 Å². The lowest BCUT2D eigenvalue weighted by atomic mass is 9.61. The van der Waals surface area contributed by atoms with Gasteiger partial charge in [-0.3, -0.25) is 9.59 Å². The van der Waals surface area contributed by atoms with Crippen LogP contribution in [0.3, 0.4) is 0 Å². The summed E-state index contributed by atoms with van der Waals surface area (Å²) in [6.07, 6.45) is 3.65. The van der Waals surface area contributed by atoms with E-state index in [0.717, 1.165) is 0 Å². The monoisotopic (exact) mass is 569 g/mol. The minimum absolute atomic E-state index is 0.0872. The molecule has 5 unspecified atom stereocenters. The number of fused-ring (bicyclic) bond motifs is 3. The Hall–Kier alpha value is -2.78. The third-order valence-electron chi connectivity index (χ3n) is 10.6. The molecular formula is C32H43NO8. The number of Topliss-reactive ketones (excluding diaryl/α,β-unsaturated/α-hetero) is 1. The Bertz CT molecular complexity index is 1300. The Kier molecular flexibility index (Phi) is 7.38. The first-order valence-corrected chi connectivity index (χ1v) is 15.0. The van der Waals surface area contributed by atoms with Crippen LogP contribution in [0.1, 0.15) is 89.5 Å². The van der Waals surface area contributed by atoms with Gasteiger partial charge in [0.15, 0.2) is 11.5 Å². The standard InChI is InChI=1S/C32H43NO8/c1-8-11-22(34)40-32-14-17(5)31-13-16(4)25(35)24(31)26(36)18(12-19(28(31)37)27(32)30(32,6)7)15-39-29(38)23-20(9-2)33-41-21(23)10-3/h12-13,17,19,24-27,35-36H,8-11,14-15H2,1-7H3/t17-,19?,24?,25?,26?,27+,31?,32+/m1/s1. The summed E-state index contributed by atoms with van der Waals surface area (Å²) in [5.74, 6) is -2.73. The molecule has 5 rings (SSSR count). The Morgan fingerprint density at radius 3 is 2.49 bits per heavy atom. The van der Waals surface area contributed by atoms with E-state index in [2.05, 4.69) is 5.16 Å². The molecule has 2 N–H and O–H groups in total. The first kappa shape index (κ1) is 29.7. The normalized spacial score (nSPS) is 36.8. The number of carbonyl (C=O) groups is 3. The maximum atomic E-state index is 14.6. The van der Waals surface area contributed by atoms with Crippen LogP contribution in [0.4, 0.5) is 0 Å². The van der Waals surface area contributed by atoms with Crippen LogP contribution in [0.5, 0.6) is 0 Å². The number of aliphatic hydroxyl groups is 2. The summed E-state index contributed by atoms with van der Waals surface area (Å²) in [7, 11) is 0. The molecule has 9 nitrogen and oxygen atoms in total. The molecule has 0 aromatic carbocycles. The van der Waals surface area contributed by atoms with E-state index in [0.29, 0.717) is 60.3 Å². The predicted molar refractivity (Wildman–Crippen MR) is 149 cm³/mol. The molecule has 2 fully saturated rings. The Morgan fingerprint density at radius 1 is 1.15 bits per heavy atom. The number of aliphatic hydroxyl groups excluding tert-OH is 2. The Morgan fingerprint density at radius 2 is 1.85 bits per heavy atom. The highest BCUT2D eigenvalue weighted by atomic mass is 16.6. The van der Waals surface area contributed by atoms with Crippen LogP contribution < -0.4 is 0 Å². The topological polar surface area (TPSA) is 136 Å². The van der Waals surface area contributed by atoms with Gasteiger partial charge in [-0.2, -0.15) is 0 Å². The van der Waals surface area contributed by atoms with Crippen LogP contribution in [0.25, 0.3) is 0 Å². The lowest BCUT2D eigenvalue weighted by Crippen LogP contribution is -2.50. The fraction of sp³-hybridized carbons (Fsp3) is 0.688. The summed E-state index contributed by atoms with van der Waals surface area (Å²) in [6.45, 7) is 13.2. The lowest BCUT2D eigenvalue weighted by molar-refractivity contribution is -0.156. The summed E-state index contributed by atoms with van der Waals surface area (Å²) in [5, 5.41) is 27.1. The van der Waals surface area contributed by atoms with Crippen LogP contribution in [0, 0.1) is 34.5 Å². The van der Waals surface area contributed by atoms with E-state index in [1.54, 1.807) is 13.0 Å². The van der Waals surface area contributed by atoms with Crippen molar-refractivity contribution in [3.05, 3.63) is 40.3 Å². The molecule has 1 aromatic rings. The van der Waals surface area contributed by atoms with Gasteiger partial charge in [0.2, 0.25) is 0 Å². The molecular weight excluding hydrogens is 526 g/mol. The SMILES string of the molecule is CCCC(=O)O[C@@]12C[C@@H](C)C34C=C(C)C(O)C3C(O)C(COC(=O)c3c(CC)noc3CC)=CC(C4=O)[C@H]1C2(C)C. The minimum Gasteiger partial charge on any atom is -0.458 e. The van der Waals surface area contributed by atoms with E-state index in [4.69, 9.17) is 14.0 Å². The van der Waals surface area contributed by atoms with Crippen LogP contribution in [0.15, 0.2) is 27.8 Å². The van der Waals surface area contributed by atoms with Crippen molar-refractivity contribution in [2.75, 3.05) is 6.61 Å². The molecule has 1 spiro atoms. The number of aryl methyl sites for hydroxylation is 2. The van der Waals surface area contributed by atoms with Crippen molar-refractivity contribution < 1.29 is 38.6 Å². The number of aromatic nitrogens is 1. The fourth-order valence-electron chi connectivity index (χ4n) is 8.39. The highest BCUT2D eigenvalue weighted by molar-refractivity contribution is 5.95. The van der Waals surface area contributed by atoms with Crippen molar-refractivity contribution in [2.24, 2.45) is 34.5 Å². The van der Waals surface area contributed by atoms with E-state index in [1.807, 2.05) is 47.6 Å². The van der Waals surface area contributed by atoms with Gasteiger partial charge in [0, 0.05) is 36.0 Å². The van der Waals surface area contributed by atoms with Gasteiger partial charge in [-0.1, -0.05) is 58.9 Å². The number of ketones is 1. The van der Waals surface area contributed by atoms with Crippen molar-refractivity contribution in [3.8, 4) is 0 Å². The van der Waals surface area contributed by atoms with E-state index in [9.17, 15) is 24.6 Å². The zero-order valence-electron chi connectivity index (χ0n) is 25.2. The number of nitrogens with zero attached hydrogens (tertiary/aromatic N) is 1. The summed E-state index contributed by atoms with van der Waals surface area (Å²) < 4.78 is 17.3. The van der Waals surface area contributed by atoms with E-state index < -0.39 is 46.4 Å². The predicted octanol–water partition coefficient (Wildman–Crippen LogP) is 4.14. The molecule has 0 amide bonds. The van der Waals surface area contributed by atoms with Crippen LogP contribution in [-0.4, -0.2) is 57.5 Å². The molecule has 8 atom stereocenters. The maximum Gasteiger partial charge on any atom is 0.344 e. The summed E-state index contributed by atoms with van der Waals surface area (Å²) in [6, 6.07) is 0. The van der Waals surface area contributed by atoms with E-state index in [1.165, 1.54) is 0 Å². The quantitative estimate of drug-likeness (QED) is 0.350. The summed E-state index contributed by atoms with van der Waals surface area (Å²) >= 11 is 0. The van der Waals surface area contributed by atoms with Crippen molar-refractivity contribution in [1.29, 1.82) is 0 Å². The number of carbonyl (C=O) groups excluding carboxylic acids is 3. The molecule has 1 heterocycles. The molecule has 41 heavy (non-hydrogen) atoms. The van der Waals surface area contributed by atoms with Gasteiger partial charge < -0.3 is 24.2 Å². The molecule has 4 aliphatic carbocycles. The van der Waals surface area contributed by atoms with Crippen LogP contribution >= 0.6 is 0 Å². The smallest absolute Gasteiger partial charge is 0.344 e. The lowest BCUT2D eigenvalue weighted by Gasteiger charge is -2.42. The molecule has 224 valence electrons. The molecule has 4 aliphatic rings. The zero-order valence-corrected chi connectivity index (χ0v) is 25.2. The maximum absolute atomic E-state index is 14.6. The van der Waals surface area contributed by atoms with Crippen molar-refractivity contribution in [1.82, 2.24) is 5.16 Å². The molecule has 0 aliphatic heterocycles. The second kappa shape index (κ2) is 10.2. The number of ether oxygens (including phenoxy) is 2. The highest BCUT2D eigenvalue weighted by Crippen LogP contribution is 2.74. The average molecular weight is 570 g/mol. The van der Waals surface area contributed by atoms with Crippen molar-refractivity contribution >= 4 is 17.7 Å². The van der Waals surface area contributed by atoms with Gasteiger partial charge in [0.1, 0.15) is 17.8 Å². The third kappa shape index (κ3) is 4.09. The van der Waals surface area contributed by atoms with E-state index >= 15 is 0 Å². The van der Waals surface area contributed by atoms with Gasteiger partial charge in [0.25, 0.3) is 0 Å². The molecule has 0 radical (unpaired) electrons. The van der Waals surface area contributed by atoms with Gasteiger partial charge in [-0.25, -0.2) is 4.79 Å². The third-order valence-corrected chi connectivity index (χ3v) is 10.6. The second-order valence-electron chi connectivity index (χ2n) is 13.0. The first-order chi connectivity index (χ1) is 19.3. The molecule has 2 saturated carbocycles. The fourth-order valence-corrected chi connectivity index (χ4v) is 8.39. The number of rotatable bonds is 8. The van der Waals surface area contributed by atoms with Gasteiger partial charge in [-0.15, -0.1) is 0 Å². The van der Waals surface area contributed by atoms with Gasteiger partial charge in [0.05, 0.1) is 23.3 Å². The Labute approximate surface area is 241 Å². The van der Waals surface area contributed by atoms with Crippen molar-refractivity contribution in [3.63, 3.8) is 0 Å². The molecule has 2 bridgehead atoms. The summed E-state index contributed by atoms with van der Waals surface area (Å²) in [4.78, 5) is 40.7. The summed E-state index contributed by atoms with van der Waals surface area (Å²) in [5.41, 5.74) is -0.701. The van der Waals surface area contributed by atoms with Gasteiger partial charge in [-0.05, 0) is 43.3 Å². The second-order valence-corrected chi connectivity index (χ2v) is 13.0. The zero-order chi connectivity index (χ0) is 30.1. The number of hydrogen-bond donors (Lipinski definition) is 2. The largest absolute Gasteiger partial charge is 0.458 e. The molecule has 9 heteroatoms. The number of allylic oxidation sites excluding steroid dienone is 2. The Balaban J connectivity index is 1.56. The van der Waals surface area contributed by atoms with Crippen LogP contribution in [0.2, 0.25) is 0 Å². The molecule has 1 aromatic heterocycles. The van der Waals surface area contributed by atoms with Gasteiger partial charge >= 0.3 is 11.9 Å². The highest BCUT2D eigenvalue weighted by Gasteiger charge is 2.81. The minimum atomic E-state index is -1.22. The first-order valence-electron chi connectivity index (χ1n) is 15.0. The van der Waals surface area contributed by atoms with E-state index in [-0.39, 0.29) is 30.2 Å². The number of esters is 2. The molecule has 0 saturated heterocycles. The number of hydrogen-bond acceptors (Lipinski definition) is 9.